The van der Waals surface area contributed by atoms with Crippen molar-refractivity contribution < 1.29 is 13.2 Å². The lowest BCUT2D eigenvalue weighted by Crippen LogP contribution is -2.54. The standard InChI is InChI=1S/C14H20N2O3S/c1-14(8-3-4-9-15-14)13(17)16-11-6-5-7-12(10-11)20(2,18)19/h5-7,10,15H,3-4,8-9H2,1-2H3,(H,16,17). The van der Waals surface area contributed by atoms with E-state index in [1.54, 1.807) is 12.1 Å². The Morgan fingerprint density at radius 1 is 1.35 bits per heavy atom. The van der Waals surface area contributed by atoms with Crippen molar-refractivity contribution in [2.24, 2.45) is 0 Å². The van der Waals surface area contributed by atoms with E-state index in [4.69, 9.17) is 0 Å². The van der Waals surface area contributed by atoms with Crippen molar-refractivity contribution in [2.45, 2.75) is 36.6 Å². The van der Waals surface area contributed by atoms with E-state index in [0.29, 0.717) is 5.69 Å². The first-order valence-corrected chi connectivity index (χ1v) is 8.57. The fraction of sp³-hybridized carbons (Fsp3) is 0.500. The third kappa shape index (κ3) is 3.37. The molecule has 0 radical (unpaired) electrons. The molecule has 0 aliphatic carbocycles. The first-order valence-electron chi connectivity index (χ1n) is 6.68. The number of piperidine rings is 1. The quantitative estimate of drug-likeness (QED) is 0.887. The summed E-state index contributed by atoms with van der Waals surface area (Å²) in [5, 5.41) is 6.03. The molecule has 110 valence electrons. The summed E-state index contributed by atoms with van der Waals surface area (Å²) in [6.07, 6.45) is 4.02. The Labute approximate surface area is 119 Å². The van der Waals surface area contributed by atoms with Crippen LogP contribution in [0.5, 0.6) is 0 Å². The van der Waals surface area contributed by atoms with Gasteiger partial charge < -0.3 is 10.6 Å². The molecule has 1 fully saturated rings. The van der Waals surface area contributed by atoms with Crippen LogP contribution in [0.15, 0.2) is 29.2 Å². The molecule has 0 bridgehead atoms. The van der Waals surface area contributed by atoms with Gasteiger partial charge in [0.05, 0.1) is 10.4 Å². The summed E-state index contributed by atoms with van der Waals surface area (Å²) in [5.41, 5.74) is -0.0779. The minimum absolute atomic E-state index is 0.122. The maximum Gasteiger partial charge on any atom is 0.244 e. The highest BCUT2D eigenvalue weighted by Crippen LogP contribution is 2.22. The van der Waals surface area contributed by atoms with Crippen LogP contribution in [0.3, 0.4) is 0 Å². The van der Waals surface area contributed by atoms with Crippen LogP contribution in [-0.4, -0.2) is 32.7 Å². The summed E-state index contributed by atoms with van der Waals surface area (Å²) in [6.45, 7) is 2.70. The molecule has 1 amide bonds. The first-order chi connectivity index (χ1) is 9.31. The van der Waals surface area contributed by atoms with Crippen molar-refractivity contribution in [1.82, 2.24) is 5.32 Å². The summed E-state index contributed by atoms with van der Waals surface area (Å²) in [6, 6.07) is 6.33. The van der Waals surface area contributed by atoms with Gasteiger partial charge >= 0.3 is 0 Å². The number of carbonyl (C=O) groups is 1. The van der Waals surface area contributed by atoms with Gasteiger partial charge in [-0.15, -0.1) is 0 Å². The van der Waals surface area contributed by atoms with Crippen molar-refractivity contribution in [3.05, 3.63) is 24.3 Å². The molecule has 1 aromatic carbocycles. The van der Waals surface area contributed by atoms with E-state index in [2.05, 4.69) is 10.6 Å². The average molecular weight is 296 g/mol. The van der Waals surface area contributed by atoms with E-state index >= 15 is 0 Å². The maximum atomic E-state index is 12.3. The molecule has 0 spiro atoms. The first kappa shape index (κ1) is 15.0. The van der Waals surface area contributed by atoms with Crippen LogP contribution in [0.2, 0.25) is 0 Å². The van der Waals surface area contributed by atoms with Gasteiger partial charge in [-0.3, -0.25) is 4.79 Å². The third-order valence-corrected chi connectivity index (χ3v) is 4.75. The molecule has 0 saturated carbocycles. The van der Waals surface area contributed by atoms with Crippen molar-refractivity contribution in [1.29, 1.82) is 0 Å². The molecular formula is C14H20N2O3S. The van der Waals surface area contributed by atoms with Gasteiger partial charge in [0, 0.05) is 11.9 Å². The Morgan fingerprint density at radius 2 is 2.10 bits per heavy atom. The number of anilines is 1. The predicted molar refractivity (Wildman–Crippen MR) is 78.4 cm³/mol. The second-order valence-electron chi connectivity index (χ2n) is 5.47. The van der Waals surface area contributed by atoms with Gasteiger partial charge in [-0.25, -0.2) is 8.42 Å². The molecule has 1 atom stereocenters. The van der Waals surface area contributed by atoms with E-state index in [-0.39, 0.29) is 10.8 Å². The van der Waals surface area contributed by atoms with Crippen LogP contribution in [0.4, 0.5) is 5.69 Å². The van der Waals surface area contributed by atoms with Gasteiger partial charge in [-0.1, -0.05) is 6.07 Å². The van der Waals surface area contributed by atoms with E-state index in [9.17, 15) is 13.2 Å². The van der Waals surface area contributed by atoms with Crippen LogP contribution in [0.25, 0.3) is 0 Å². The second kappa shape index (κ2) is 5.54. The SMILES string of the molecule is CC1(C(=O)Nc2cccc(S(C)(=O)=O)c2)CCCCN1. The normalized spacial score (nSPS) is 23.3. The molecule has 1 aliphatic heterocycles. The molecular weight excluding hydrogens is 276 g/mol. The molecule has 1 heterocycles. The number of sulfone groups is 1. The maximum absolute atomic E-state index is 12.3. The minimum atomic E-state index is -3.27. The average Bonchev–Trinajstić information content (AvgIpc) is 2.39. The van der Waals surface area contributed by atoms with Gasteiger partial charge in [-0.05, 0) is 50.9 Å². The number of rotatable bonds is 3. The van der Waals surface area contributed by atoms with E-state index in [1.165, 1.54) is 12.1 Å². The van der Waals surface area contributed by atoms with Crippen molar-refractivity contribution in [3.63, 3.8) is 0 Å². The summed E-state index contributed by atoms with van der Waals surface area (Å²) >= 11 is 0. The highest BCUT2D eigenvalue weighted by atomic mass is 32.2. The molecule has 1 unspecified atom stereocenters. The number of hydrogen-bond acceptors (Lipinski definition) is 4. The van der Waals surface area contributed by atoms with Gasteiger partial charge in [0.25, 0.3) is 0 Å². The molecule has 1 saturated heterocycles. The Morgan fingerprint density at radius 3 is 2.70 bits per heavy atom. The van der Waals surface area contributed by atoms with Crippen LogP contribution in [0, 0.1) is 0 Å². The number of amides is 1. The lowest BCUT2D eigenvalue weighted by atomic mass is 9.90. The topological polar surface area (TPSA) is 75.3 Å². The largest absolute Gasteiger partial charge is 0.324 e. The number of nitrogens with one attached hydrogen (secondary N) is 2. The van der Waals surface area contributed by atoms with E-state index in [1.807, 2.05) is 6.92 Å². The zero-order chi connectivity index (χ0) is 14.8. The van der Waals surface area contributed by atoms with Gasteiger partial charge in [0.15, 0.2) is 9.84 Å². The van der Waals surface area contributed by atoms with E-state index < -0.39 is 15.4 Å². The molecule has 0 aromatic heterocycles. The smallest absolute Gasteiger partial charge is 0.244 e. The molecule has 2 N–H and O–H groups in total. The minimum Gasteiger partial charge on any atom is -0.324 e. The van der Waals surface area contributed by atoms with Crippen molar-refractivity contribution in [3.8, 4) is 0 Å². The summed E-state index contributed by atoms with van der Waals surface area (Å²) in [4.78, 5) is 12.5. The van der Waals surface area contributed by atoms with Crippen molar-refractivity contribution in [2.75, 3.05) is 18.1 Å². The fourth-order valence-corrected chi connectivity index (χ4v) is 2.99. The summed E-state index contributed by atoms with van der Waals surface area (Å²) < 4.78 is 23.0. The summed E-state index contributed by atoms with van der Waals surface area (Å²) in [7, 11) is -3.27. The monoisotopic (exact) mass is 296 g/mol. The third-order valence-electron chi connectivity index (χ3n) is 3.64. The zero-order valence-corrected chi connectivity index (χ0v) is 12.6. The summed E-state index contributed by atoms with van der Waals surface area (Å²) in [5.74, 6) is -0.122. The van der Waals surface area contributed by atoms with Gasteiger partial charge in [0.1, 0.15) is 0 Å². The number of carbonyl (C=O) groups excluding carboxylic acids is 1. The second-order valence-corrected chi connectivity index (χ2v) is 7.49. The zero-order valence-electron chi connectivity index (χ0n) is 11.8. The number of hydrogen-bond donors (Lipinski definition) is 2. The molecule has 5 nitrogen and oxygen atoms in total. The van der Waals surface area contributed by atoms with Crippen LogP contribution < -0.4 is 10.6 Å². The van der Waals surface area contributed by atoms with Gasteiger partial charge in [0.2, 0.25) is 5.91 Å². The molecule has 2 rings (SSSR count). The molecule has 1 aromatic rings. The Hall–Kier alpha value is -1.40. The Kier molecular flexibility index (Phi) is 4.15. The van der Waals surface area contributed by atoms with Crippen molar-refractivity contribution >= 4 is 21.4 Å². The fourth-order valence-electron chi connectivity index (χ4n) is 2.32. The van der Waals surface area contributed by atoms with Gasteiger partial charge in [-0.2, -0.15) is 0 Å². The van der Waals surface area contributed by atoms with Crippen LogP contribution in [0.1, 0.15) is 26.2 Å². The van der Waals surface area contributed by atoms with Crippen LogP contribution in [-0.2, 0) is 14.6 Å². The Bertz CT molecular complexity index is 605. The lowest BCUT2D eigenvalue weighted by Gasteiger charge is -2.33. The molecule has 1 aliphatic rings. The molecule has 20 heavy (non-hydrogen) atoms. The highest BCUT2D eigenvalue weighted by molar-refractivity contribution is 7.90. The molecule has 6 heteroatoms. The highest BCUT2D eigenvalue weighted by Gasteiger charge is 2.34. The lowest BCUT2D eigenvalue weighted by molar-refractivity contribution is -0.122. The van der Waals surface area contributed by atoms with E-state index in [0.717, 1.165) is 32.1 Å². The van der Waals surface area contributed by atoms with Crippen LogP contribution >= 0.6 is 0 Å². The predicted octanol–water partition coefficient (Wildman–Crippen LogP) is 1.56. The Balaban J connectivity index is 2.16. The number of benzene rings is 1.